The van der Waals surface area contributed by atoms with Gasteiger partial charge in [-0.05, 0) is 43.2 Å². The van der Waals surface area contributed by atoms with E-state index in [1.165, 1.54) is 36.8 Å². The normalized spacial score (nSPS) is 29.4. The standard InChI is InChI=1S/C16H24N2/c1-11(12-6-2-3-7-12)18-16-10-15(17)13-8-4-5-9-14(13)16/h4-5,8-9,11-12,15-16,18H,2-3,6-7,10,17H2,1H3/t11-,15?,16?/m0/s1. The summed E-state index contributed by atoms with van der Waals surface area (Å²) in [5.41, 5.74) is 8.99. The van der Waals surface area contributed by atoms with Crippen molar-refractivity contribution in [2.24, 2.45) is 11.7 Å². The second kappa shape index (κ2) is 5.02. The Morgan fingerprint density at radius 2 is 1.83 bits per heavy atom. The van der Waals surface area contributed by atoms with Gasteiger partial charge in [-0.3, -0.25) is 0 Å². The summed E-state index contributed by atoms with van der Waals surface area (Å²) in [6, 6.07) is 9.95. The Morgan fingerprint density at radius 3 is 2.56 bits per heavy atom. The zero-order valence-corrected chi connectivity index (χ0v) is 11.2. The Hall–Kier alpha value is -0.860. The SMILES string of the molecule is C[C@H](NC1CC(N)c2ccccc21)C1CCCC1. The molecule has 1 fully saturated rings. The van der Waals surface area contributed by atoms with E-state index < -0.39 is 0 Å². The molecule has 2 nitrogen and oxygen atoms in total. The van der Waals surface area contributed by atoms with Crippen molar-refractivity contribution in [2.75, 3.05) is 0 Å². The van der Waals surface area contributed by atoms with Crippen LogP contribution in [0.1, 0.15) is 62.2 Å². The number of hydrogen-bond acceptors (Lipinski definition) is 2. The molecule has 2 aliphatic rings. The molecular formula is C16H24N2. The van der Waals surface area contributed by atoms with Gasteiger partial charge in [0.05, 0.1) is 0 Å². The molecule has 0 amide bonds. The van der Waals surface area contributed by atoms with Gasteiger partial charge in [-0.2, -0.15) is 0 Å². The van der Waals surface area contributed by atoms with Gasteiger partial charge < -0.3 is 11.1 Å². The number of fused-ring (bicyclic) bond motifs is 1. The Kier molecular flexibility index (Phi) is 3.40. The van der Waals surface area contributed by atoms with Gasteiger partial charge in [0.15, 0.2) is 0 Å². The maximum absolute atomic E-state index is 6.23. The first-order valence-electron chi connectivity index (χ1n) is 7.36. The van der Waals surface area contributed by atoms with Gasteiger partial charge in [-0.25, -0.2) is 0 Å². The van der Waals surface area contributed by atoms with E-state index in [0.717, 1.165) is 12.3 Å². The molecule has 0 bridgehead atoms. The lowest BCUT2D eigenvalue weighted by Crippen LogP contribution is -2.34. The summed E-state index contributed by atoms with van der Waals surface area (Å²) >= 11 is 0. The van der Waals surface area contributed by atoms with Crippen LogP contribution < -0.4 is 11.1 Å². The van der Waals surface area contributed by atoms with Crippen molar-refractivity contribution in [3.63, 3.8) is 0 Å². The molecule has 0 saturated heterocycles. The molecule has 1 aromatic rings. The average molecular weight is 244 g/mol. The largest absolute Gasteiger partial charge is 0.324 e. The van der Waals surface area contributed by atoms with Crippen LogP contribution in [0.15, 0.2) is 24.3 Å². The van der Waals surface area contributed by atoms with Gasteiger partial charge in [0.1, 0.15) is 0 Å². The first-order valence-corrected chi connectivity index (χ1v) is 7.36. The maximum Gasteiger partial charge on any atom is 0.0344 e. The van der Waals surface area contributed by atoms with E-state index in [4.69, 9.17) is 5.73 Å². The minimum atomic E-state index is 0.217. The number of nitrogens with two attached hydrogens (primary N) is 1. The monoisotopic (exact) mass is 244 g/mol. The Balaban J connectivity index is 1.71. The van der Waals surface area contributed by atoms with Gasteiger partial charge in [0.2, 0.25) is 0 Å². The van der Waals surface area contributed by atoms with Crippen LogP contribution in [-0.4, -0.2) is 6.04 Å². The number of hydrogen-bond donors (Lipinski definition) is 2. The lowest BCUT2D eigenvalue weighted by Gasteiger charge is -2.25. The highest BCUT2D eigenvalue weighted by molar-refractivity contribution is 5.37. The molecule has 2 heteroatoms. The predicted molar refractivity (Wildman–Crippen MR) is 75.3 cm³/mol. The molecule has 98 valence electrons. The molecule has 18 heavy (non-hydrogen) atoms. The molecule has 2 aliphatic carbocycles. The van der Waals surface area contributed by atoms with Crippen molar-refractivity contribution < 1.29 is 0 Å². The van der Waals surface area contributed by atoms with Crippen LogP contribution in [0.2, 0.25) is 0 Å². The van der Waals surface area contributed by atoms with E-state index in [9.17, 15) is 0 Å². The fourth-order valence-electron chi connectivity index (χ4n) is 3.74. The van der Waals surface area contributed by atoms with Crippen LogP contribution in [0, 0.1) is 5.92 Å². The van der Waals surface area contributed by atoms with Gasteiger partial charge in [-0.15, -0.1) is 0 Å². The summed E-state index contributed by atoms with van der Waals surface area (Å²) in [5.74, 6) is 0.869. The number of nitrogens with one attached hydrogen (secondary N) is 1. The Bertz CT molecular complexity index is 409. The Labute approximate surface area is 110 Å². The molecule has 0 aromatic heterocycles. The van der Waals surface area contributed by atoms with Crippen molar-refractivity contribution >= 4 is 0 Å². The summed E-state index contributed by atoms with van der Waals surface area (Å²) in [7, 11) is 0. The summed E-state index contributed by atoms with van der Waals surface area (Å²) < 4.78 is 0. The van der Waals surface area contributed by atoms with Crippen molar-refractivity contribution in [3.8, 4) is 0 Å². The molecule has 3 N–H and O–H groups in total. The van der Waals surface area contributed by atoms with E-state index in [-0.39, 0.29) is 6.04 Å². The summed E-state index contributed by atoms with van der Waals surface area (Å²) in [4.78, 5) is 0. The van der Waals surface area contributed by atoms with Crippen molar-refractivity contribution in [1.29, 1.82) is 0 Å². The smallest absolute Gasteiger partial charge is 0.0344 e. The first-order chi connectivity index (χ1) is 8.75. The molecule has 0 heterocycles. The lowest BCUT2D eigenvalue weighted by atomic mass is 9.98. The third kappa shape index (κ3) is 2.19. The fraction of sp³-hybridized carbons (Fsp3) is 0.625. The van der Waals surface area contributed by atoms with Gasteiger partial charge >= 0.3 is 0 Å². The summed E-state index contributed by atoms with van der Waals surface area (Å²) in [6.45, 7) is 2.35. The highest BCUT2D eigenvalue weighted by Gasteiger charge is 2.31. The molecule has 0 radical (unpaired) electrons. The zero-order chi connectivity index (χ0) is 12.5. The molecule has 2 unspecified atom stereocenters. The van der Waals surface area contributed by atoms with Crippen molar-refractivity contribution in [2.45, 2.75) is 57.2 Å². The van der Waals surface area contributed by atoms with Gasteiger partial charge in [0, 0.05) is 18.1 Å². The minimum Gasteiger partial charge on any atom is -0.324 e. The molecular weight excluding hydrogens is 220 g/mol. The second-order valence-electron chi connectivity index (χ2n) is 6.02. The van der Waals surface area contributed by atoms with Gasteiger partial charge in [0.25, 0.3) is 0 Å². The second-order valence-corrected chi connectivity index (χ2v) is 6.02. The third-order valence-electron chi connectivity index (χ3n) is 4.83. The summed E-state index contributed by atoms with van der Waals surface area (Å²) in [6.07, 6.45) is 6.68. The first kappa shape index (κ1) is 12.2. The Morgan fingerprint density at radius 1 is 1.17 bits per heavy atom. The number of benzene rings is 1. The van der Waals surface area contributed by atoms with E-state index in [2.05, 4.69) is 36.5 Å². The number of rotatable bonds is 3. The van der Waals surface area contributed by atoms with Crippen LogP contribution in [0.5, 0.6) is 0 Å². The topological polar surface area (TPSA) is 38.0 Å². The van der Waals surface area contributed by atoms with Crippen molar-refractivity contribution in [3.05, 3.63) is 35.4 Å². The quantitative estimate of drug-likeness (QED) is 0.856. The highest BCUT2D eigenvalue weighted by atomic mass is 15.0. The highest BCUT2D eigenvalue weighted by Crippen LogP contribution is 2.38. The molecule has 0 aliphatic heterocycles. The molecule has 3 rings (SSSR count). The third-order valence-corrected chi connectivity index (χ3v) is 4.83. The minimum absolute atomic E-state index is 0.217. The van der Waals surface area contributed by atoms with E-state index in [1.54, 1.807) is 0 Å². The van der Waals surface area contributed by atoms with Crippen LogP contribution >= 0.6 is 0 Å². The van der Waals surface area contributed by atoms with Crippen molar-refractivity contribution in [1.82, 2.24) is 5.32 Å². The molecule has 0 spiro atoms. The van der Waals surface area contributed by atoms with Crippen LogP contribution in [0.4, 0.5) is 0 Å². The van der Waals surface area contributed by atoms with E-state index in [1.807, 2.05) is 0 Å². The fourth-order valence-corrected chi connectivity index (χ4v) is 3.74. The molecule has 1 aromatic carbocycles. The zero-order valence-electron chi connectivity index (χ0n) is 11.2. The van der Waals surface area contributed by atoms with E-state index >= 15 is 0 Å². The predicted octanol–water partition coefficient (Wildman–Crippen LogP) is 3.30. The average Bonchev–Trinajstić information content (AvgIpc) is 3.00. The van der Waals surface area contributed by atoms with Crippen LogP contribution in [0.25, 0.3) is 0 Å². The van der Waals surface area contributed by atoms with Crippen LogP contribution in [0.3, 0.4) is 0 Å². The summed E-state index contributed by atoms with van der Waals surface area (Å²) in [5, 5.41) is 3.83. The van der Waals surface area contributed by atoms with Gasteiger partial charge in [-0.1, -0.05) is 37.1 Å². The molecule has 3 atom stereocenters. The van der Waals surface area contributed by atoms with E-state index in [0.29, 0.717) is 12.1 Å². The molecule has 1 saturated carbocycles. The lowest BCUT2D eigenvalue weighted by molar-refractivity contribution is 0.337. The maximum atomic E-state index is 6.23. The van der Waals surface area contributed by atoms with Crippen LogP contribution in [-0.2, 0) is 0 Å².